The van der Waals surface area contributed by atoms with Gasteiger partial charge >= 0.3 is 7.05 Å². The summed E-state index contributed by atoms with van der Waals surface area (Å²) < 4.78 is 22.0. The first kappa shape index (κ1) is 15.4. The summed E-state index contributed by atoms with van der Waals surface area (Å²) in [6, 6.07) is -0.676. The number of hydrogen-bond donors (Lipinski definition) is 2. The van der Waals surface area contributed by atoms with Crippen molar-refractivity contribution in [2.45, 2.75) is 19.3 Å². The average Bonchev–Trinajstić information content (AvgIpc) is 2.08. The first-order valence-electron chi connectivity index (χ1n) is 4.96. The summed E-state index contributed by atoms with van der Waals surface area (Å²) in [7, 11) is -0.794. The highest BCUT2D eigenvalue weighted by atomic mass is 32.2. The zero-order valence-corrected chi connectivity index (χ0v) is 10.9. The van der Waals surface area contributed by atoms with Gasteiger partial charge in [-0.25, -0.2) is 8.42 Å². The second-order valence-electron chi connectivity index (χ2n) is 4.05. The van der Waals surface area contributed by atoms with Crippen LogP contribution in [0.4, 0.5) is 0 Å². The van der Waals surface area contributed by atoms with E-state index in [1.165, 1.54) is 11.7 Å². The number of carbonyl (C=O) groups excluding carboxylic acids is 1. The molecule has 8 heteroatoms. The third-order valence-corrected chi connectivity index (χ3v) is 2.94. The first-order valence-corrected chi connectivity index (χ1v) is 7.02. The van der Waals surface area contributed by atoms with Crippen molar-refractivity contribution in [3.05, 3.63) is 0 Å². The molecule has 0 radical (unpaired) electrons. The highest BCUT2D eigenvalue weighted by molar-refractivity contribution is 7.90. The summed E-state index contributed by atoms with van der Waals surface area (Å²) in [5.41, 5.74) is 0. The minimum absolute atomic E-state index is 0.0863. The lowest BCUT2D eigenvalue weighted by Gasteiger charge is -2.21. The van der Waals surface area contributed by atoms with Crippen LogP contribution in [0.1, 0.15) is 6.42 Å². The summed E-state index contributed by atoms with van der Waals surface area (Å²) >= 11 is 0. The highest BCUT2D eigenvalue weighted by Crippen LogP contribution is 2.00. The topological polar surface area (TPSA) is 86.7 Å². The molecule has 0 saturated carbocycles. The van der Waals surface area contributed by atoms with Gasteiger partial charge in [-0.2, -0.15) is 0 Å². The third kappa shape index (κ3) is 6.81. The SMILES string of the molecule is CB(O)N[C@@H](CCS(C)(=O)=O)C(=O)N(C)C. The van der Waals surface area contributed by atoms with Crippen molar-refractivity contribution < 1.29 is 18.2 Å². The number of sulfone groups is 1. The Morgan fingerprint density at radius 3 is 2.31 bits per heavy atom. The molecule has 0 aliphatic carbocycles. The predicted octanol–water partition coefficient (Wildman–Crippen LogP) is -1.42. The maximum Gasteiger partial charge on any atom is 0.374 e. The quantitative estimate of drug-likeness (QED) is 0.565. The Balaban J connectivity index is 4.50. The van der Waals surface area contributed by atoms with E-state index >= 15 is 0 Å². The van der Waals surface area contributed by atoms with E-state index in [-0.39, 0.29) is 18.1 Å². The zero-order valence-electron chi connectivity index (χ0n) is 10.1. The molecule has 0 aromatic carbocycles. The van der Waals surface area contributed by atoms with Gasteiger partial charge in [0.2, 0.25) is 5.91 Å². The lowest BCUT2D eigenvalue weighted by atomic mass is 9.86. The summed E-state index contributed by atoms with van der Waals surface area (Å²) in [5.74, 6) is -0.332. The maximum atomic E-state index is 11.7. The van der Waals surface area contributed by atoms with Gasteiger partial charge in [-0.3, -0.25) is 4.79 Å². The standard InChI is InChI=1S/C8H19BN2O4S/c1-9(13)10-7(8(12)11(2)3)5-6-16(4,14)15/h7,10,13H,5-6H2,1-4H3/t7-/m0/s1. The average molecular weight is 250 g/mol. The molecule has 1 amide bonds. The van der Waals surface area contributed by atoms with Crippen LogP contribution in [0.3, 0.4) is 0 Å². The molecule has 0 aromatic rings. The summed E-state index contributed by atoms with van der Waals surface area (Å²) in [6.07, 6.45) is 1.27. The van der Waals surface area contributed by atoms with Crippen molar-refractivity contribution in [3.8, 4) is 0 Å². The van der Waals surface area contributed by atoms with Gasteiger partial charge in [0.1, 0.15) is 9.84 Å². The number of nitrogens with one attached hydrogen (secondary N) is 1. The molecule has 16 heavy (non-hydrogen) atoms. The van der Waals surface area contributed by atoms with Gasteiger partial charge in [0, 0.05) is 20.4 Å². The van der Waals surface area contributed by atoms with Crippen molar-refractivity contribution in [3.63, 3.8) is 0 Å². The molecule has 0 bridgehead atoms. The molecule has 94 valence electrons. The Morgan fingerprint density at radius 1 is 1.50 bits per heavy atom. The van der Waals surface area contributed by atoms with Gasteiger partial charge in [-0.05, 0) is 13.2 Å². The Hall–Kier alpha value is -0.595. The van der Waals surface area contributed by atoms with E-state index in [4.69, 9.17) is 5.02 Å². The van der Waals surface area contributed by atoms with Crippen LogP contribution >= 0.6 is 0 Å². The van der Waals surface area contributed by atoms with Gasteiger partial charge in [-0.15, -0.1) is 0 Å². The van der Waals surface area contributed by atoms with Gasteiger partial charge < -0.3 is 15.2 Å². The van der Waals surface area contributed by atoms with Gasteiger partial charge in [0.15, 0.2) is 0 Å². The molecule has 0 aliphatic heterocycles. The molecule has 0 aliphatic rings. The minimum atomic E-state index is -3.11. The van der Waals surface area contributed by atoms with E-state index in [2.05, 4.69) is 5.23 Å². The predicted molar refractivity (Wildman–Crippen MR) is 63.8 cm³/mol. The molecule has 0 fully saturated rings. The van der Waals surface area contributed by atoms with E-state index in [0.29, 0.717) is 0 Å². The van der Waals surface area contributed by atoms with Gasteiger partial charge in [-0.1, -0.05) is 0 Å². The van der Waals surface area contributed by atoms with Crippen LogP contribution in [0.5, 0.6) is 0 Å². The van der Waals surface area contributed by atoms with Crippen LogP contribution in [0.15, 0.2) is 0 Å². The Morgan fingerprint density at radius 2 is 2.00 bits per heavy atom. The van der Waals surface area contributed by atoms with E-state index in [1.54, 1.807) is 14.1 Å². The van der Waals surface area contributed by atoms with Crippen molar-refractivity contribution in [1.82, 2.24) is 10.1 Å². The zero-order chi connectivity index (χ0) is 12.9. The van der Waals surface area contributed by atoms with Crippen LogP contribution < -0.4 is 5.23 Å². The fourth-order valence-electron chi connectivity index (χ4n) is 1.21. The van der Waals surface area contributed by atoms with Crippen molar-refractivity contribution >= 4 is 22.8 Å². The molecule has 6 nitrogen and oxygen atoms in total. The molecular weight excluding hydrogens is 231 g/mol. The molecule has 0 unspecified atom stereocenters. The van der Waals surface area contributed by atoms with Crippen molar-refractivity contribution in [2.24, 2.45) is 0 Å². The Labute approximate surface area is 97.1 Å². The van der Waals surface area contributed by atoms with E-state index < -0.39 is 22.9 Å². The second-order valence-corrected chi connectivity index (χ2v) is 6.31. The molecule has 1 atom stereocenters. The van der Waals surface area contributed by atoms with Crippen molar-refractivity contribution in [1.29, 1.82) is 0 Å². The summed E-state index contributed by atoms with van der Waals surface area (Å²) in [5, 5.41) is 11.8. The number of likely N-dealkylation sites (N-methyl/N-ethyl adjacent to an activating group) is 1. The minimum Gasteiger partial charge on any atom is -0.437 e. The van der Waals surface area contributed by atoms with Gasteiger partial charge in [0.05, 0.1) is 11.8 Å². The van der Waals surface area contributed by atoms with Gasteiger partial charge in [0.25, 0.3) is 0 Å². The molecule has 0 heterocycles. The monoisotopic (exact) mass is 250 g/mol. The smallest absolute Gasteiger partial charge is 0.374 e. The number of carbonyl (C=O) groups is 1. The fourth-order valence-corrected chi connectivity index (χ4v) is 1.88. The van der Waals surface area contributed by atoms with E-state index in [1.807, 2.05) is 0 Å². The fraction of sp³-hybridized carbons (Fsp3) is 0.875. The summed E-state index contributed by atoms with van der Waals surface area (Å²) in [4.78, 5) is 13.0. The van der Waals surface area contributed by atoms with Crippen LogP contribution in [-0.2, 0) is 14.6 Å². The van der Waals surface area contributed by atoms with Crippen LogP contribution in [0.2, 0.25) is 6.82 Å². The molecule has 0 spiro atoms. The van der Waals surface area contributed by atoms with Crippen molar-refractivity contribution in [2.75, 3.05) is 26.1 Å². The Kier molecular flexibility index (Phi) is 5.99. The number of hydrogen-bond acceptors (Lipinski definition) is 5. The maximum absolute atomic E-state index is 11.7. The molecule has 0 aromatic heterocycles. The molecule has 0 rings (SSSR count). The van der Waals surface area contributed by atoms with E-state index in [0.717, 1.165) is 6.26 Å². The van der Waals surface area contributed by atoms with E-state index in [9.17, 15) is 13.2 Å². The lowest BCUT2D eigenvalue weighted by Crippen LogP contribution is -2.49. The first-order chi connectivity index (χ1) is 7.13. The number of nitrogens with zero attached hydrogens (tertiary/aromatic N) is 1. The van der Waals surface area contributed by atoms with Crippen LogP contribution in [0.25, 0.3) is 0 Å². The highest BCUT2D eigenvalue weighted by Gasteiger charge is 2.23. The second kappa shape index (κ2) is 6.22. The largest absolute Gasteiger partial charge is 0.437 e. The Bertz CT molecular complexity index is 329. The van der Waals surface area contributed by atoms with Crippen LogP contribution in [0, 0.1) is 0 Å². The molecule has 0 saturated heterocycles. The lowest BCUT2D eigenvalue weighted by molar-refractivity contribution is -0.130. The van der Waals surface area contributed by atoms with Crippen LogP contribution in [-0.4, -0.2) is 63.4 Å². The summed E-state index contributed by atoms with van der Waals surface area (Å²) in [6.45, 7) is 1.48. The normalized spacial score (nSPS) is 13.3. The number of amides is 1. The number of rotatable bonds is 6. The molecule has 2 N–H and O–H groups in total. The third-order valence-electron chi connectivity index (χ3n) is 1.96. The molecular formula is C8H19BN2O4S.